The first-order valence-corrected chi connectivity index (χ1v) is 16.6. The highest BCUT2D eigenvalue weighted by Gasteiger charge is 2.39. The van der Waals surface area contributed by atoms with E-state index in [4.69, 9.17) is 9.47 Å². The van der Waals surface area contributed by atoms with Gasteiger partial charge in [-0.05, 0) is 59.7 Å². The molecule has 1 heterocycles. The van der Waals surface area contributed by atoms with Crippen LogP contribution in [0.4, 0.5) is 0 Å². The number of ether oxygens (including phenoxy) is 2. The molecule has 0 saturated heterocycles. The number of phenolic OH excluding ortho intramolecular Hbond substituents is 2. The highest BCUT2D eigenvalue weighted by Crippen LogP contribution is 2.53. The maximum absolute atomic E-state index is 13.5. The molecular weight excluding hydrogens is 526 g/mol. The Morgan fingerprint density at radius 3 is 1.93 bits per heavy atom. The van der Waals surface area contributed by atoms with Gasteiger partial charge in [0.15, 0.2) is 23.0 Å². The van der Waals surface area contributed by atoms with Gasteiger partial charge in [0.05, 0.1) is 20.3 Å². The molecule has 0 bridgehead atoms. The SMILES string of the molecule is CCCCCCCCCCCCCCCCCC(=O)N1CCc2cc(OC)c(O)c3c2[C@@H]1Cc1cc(O)c(OC)cc1-3. The number of fused-ring (bicyclic) bond motifs is 2. The van der Waals surface area contributed by atoms with Crippen LogP contribution in [0.15, 0.2) is 18.2 Å². The van der Waals surface area contributed by atoms with E-state index in [1.165, 1.54) is 90.6 Å². The molecule has 1 aliphatic carbocycles. The number of nitrogens with zero attached hydrogens (tertiary/aromatic N) is 1. The van der Waals surface area contributed by atoms with Crippen molar-refractivity contribution in [3.8, 4) is 34.1 Å². The smallest absolute Gasteiger partial charge is 0.223 e. The summed E-state index contributed by atoms with van der Waals surface area (Å²) in [5.41, 5.74) is 4.53. The first kappa shape index (κ1) is 32.0. The van der Waals surface area contributed by atoms with Crippen molar-refractivity contribution in [1.29, 1.82) is 0 Å². The molecule has 232 valence electrons. The average Bonchev–Trinajstić information content (AvgIpc) is 2.99. The minimum atomic E-state index is -0.162. The first-order valence-electron chi connectivity index (χ1n) is 16.6. The molecule has 42 heavy (non-hydrogen) atoms. The van der Waals surface area contributed by atoms with E-state index in [1.54, 1.807) is 19.2 Å². The van der Waals surface area contributed by atoms with Gasteiger partial charge in [0.1, 0.15) is 0 Å². The van der Waals surface area contributed by atoms with E-state index in [-0.39, 0.29) is 23.4 Å². The van der Waals surface area contributed by atoms with Crippen molar-refractivity contribution in [2.24, 2.45) is 0 Å². The molecular formula is C36H53NO5. The number of unbranched alkanes of at least 4 members (excludes halogenated alkanes) is 14. The molecule has 0 aromatic heterocycles. The van der Waals surface area contributed by atoms with Gasteiger partial charge in [0, 0.05) is 18.5 Å². The Balaban J connectivity index is 1.25. The van der Waals surface area contributed by atoms with Crippen LogP contribution in [0.5, 0.6) is 23.0 Å². The van der Waals surface area contributed by atoms with E-state index in [1.807, 2.05) is 11.0 Å². The highest BCUT2D eigenvalue weighted by atomic mass is 16.5. The van der Waals surface area contributed by atoms with Crippen LogP contribution in [-0.4, -0.2) is 41.8 Å². The van der Waals surface area contributed by atoms with Crippen molar-refractivity contribution < 1.29 is 24.5 Å². The number of carbonyl (C=O) groups is 1. The minimum absolute atomic E-state index is 0.0637. The predicted octanol–water partition coefficient (Wildman–Crippen LogP) is 9.03. The van der Waals surface area contributed by atoms with E-state index in [2.05, 4.69) is 6.92 Å². The van der Waals surface area contributed by atoms with Gasteiger partial charge in [-0.1, -0.05) is 96.8 Å². The lowest BCUT2D eigenvalue weighted by molar-refractivity contribution is -0.134. The van der Waals surface area contributed by atoms with Crippen LogP contribution in [0.3, 0.4) is 0 Å². The average molecular weight is 580 g/mol. The maximum atomic E-state index is 13.5. The second-order valence-corrected chi connectivity index (χ2v) is 12.3. The summed E-state index contributed by atoms with van der Waals surface area (Å²) in [7, 11) is 3.08. The third kappa shape index (κ3) is 7.73. The monoisotopic (exact) mass is 579 g/mol. The number of benzene rings is 2. The lowest BCUT2D eigenvalue weighted by Crippen LogP contribution is -2.42. The van der Waals surface area contributed by atoms with Crippen LogP contribution in [0, 0.1) is 0 Å². The van der Waals surface area contributed by atoms with Gasteiger partial charge in [-0.2, -0.15) is 0 Å². The van der Waals surface area contributed by atoms with Gasteiger partial charge in [0.2, 0.25) is 5.91 Å². The Bertz CT molecular complexity index is 1180. The number of rotatable bonds is 18. The number of aromatic hydroxyl groups is 2. The lowest BCUT2D eigenvalue weighted by atomic mass is 9.76. The third-order valence-electron chi connectivity index (χ3n) is 9.34. The summed E-state index contributed by atoms with van der Waals surface area (Å²) < 4.78 is 10.9. The molecule has 2 aliphatic rings. The number of amides is 1. The maximum Gasteiger partial charge on any atom is 0.223 e. The van der Waals surface area contributed by atoms with E-state index in [9.17, 15) is 15.0 Å². The highest BCUT2D eigenvalue weighted by molar-refractivity contribution is 5.86. The number of carbonyl (C=O) groups excluding carboxylic acids is 1. The standard InChI is InChI=1S/C36H53NO5/c1-4-5-6-7-8-9-10-11-12-13-14-15-16-17-18-19-33(39)37-21-20-26-24-32(42-3)36(40)35-28-25-31(41-2)30(38)23-27(28)22-29(37)34(26)35/h23-25,29,38,40H,4-22H2,1-3H3/t29-/m0/s1. The third-order valence-corrected chi connectivity index (χ3v) is 9.34. The summed E-state index contributed by atoms with van der Waals surface area (Å²) in [6.45, 7) is 2.93. The Hall–Kier alpha value is -2.89. The van der Waals surface area contributed by atoms with Crippen LogP contribution in [0.25, 0.3) is 11.1 Å². The predicted molar refractivity (Wildman–Crippen MR) is 170 cm³/mol. The quantitative estimate of drug-likeness (QED) is 0.172. The Morgan fingerprint density at radius 1 is 0.786 bits per heavy atom. The molecule has 0 saturated carbocycles. The number of methoxy groups -OCH3 is 2. The normalized spacial score (nSPS) is 15.3. The zero-order chi connectivity index (χ0) is 29.9. The van der Waals surface area contributed by atoms with E-state index >= 15 is 0 Å². The summed E-state index contributed by atoms with van der Waals surface area (Å²) in [6.07, 6.45) is 21.5. The summed E-state index contributed by atoms with van der Waals surface area (Å²) in [4.78, 5) is 15.5. The molecule has 2 N–H and O–H groups in total. The fraction of sp³-hybridized carbons (Fsp3) is 0.639. The summed E-state index contributed by atoms with van der Waals surface area (Å²) in [5.74, 6) is 1.11. The van der Waals surface area contributed by atoms with Crippen LogP contribution in [-0.2, 0) is 17.6 Å². The van der Waals surface area contributed by atoms with E-state index in [0.717, 1.165) is 41.5 Å². The Labute approximate surface area is 253 Å². The molecule has 4 rings (SSSR count). The van der Waals surface area contributed by atoms with Gasteiger partial charge in [0.25, 0.3) is 0 Å². The summed E-state index contributed by atoms with van der Waals surface area (Å²) in [5, 5.41) is 21.7. The minimum Gasteiger partial charge on any atom is -0.504 e. The molecule has 2 aromatic rings. The fourth-order valence-corrected chi connectivity index (χ4v) is 6.97. The van der Waals surface area contributed by atoms with E-state index < -0.39 is 0 Å². The largest absolute Gasteiger partial charge is 0.504 e. The van der Waals surface area contributed by atoms with Crippen LogP contribution in [0.1, 0.15) is 132 Å². The van der Waals surface area contributed by atoms with Crippen LogP contribution < -0.4 is 9.47 Å². The van der Waals surface area contributed by atoms with Crippen LogP contribution in [0.2, 0.25) is 0 Å². The fourth-order valence-electron chi connectivity index (χ4n) is 6.97. The lowest BCUT2D eigenvalue weighted by Gasteiger charge is -2.42. The molecule has 0 radical (unpaired) electrons. The van der Waals surface area contributed by atoms with Gasteiger partial charge in [-0.25, -0.2) is 0 Å². The molecule has 1 atom stereocenters. The van der Waals surface area contributed by atoms with Crippen LogP contribution >= 0.6 is 0 Å². The second kappa shape index (κ2) is 16.1. The second-order valence-electron chi connectivity index (χ2n) is 12.3. The Morgan fingerprint density at radius 2 is 1.36 bits per heavy atom. The summed E-state index contributed by atoms with van der Waals surface area (Å²) >= 11 is 0. The van der Waals surface area contributed by atoms with Gasteiger partial charge < -0.3 is 24.6 Å². The zero-order valence-electron chi connectivity index (χ0n) is 26.3. The van der Waals surface area contributed by atoms with Gasteiger partial charge in [-0.15, -0.1) is 0 Å². The molecule has 1 amide bonds. The van der Waals surface area contributed by atoms with E-state index in [0.29, 0.717) is 36.4 Å². The molecule has 0 fully saturated rings. The molecule has 1 aliphatic heterocycles. The van der Waals surface area contributed by atoms with Crippen molar-refractivity contribution in [2.75, 3.05) is 20.8 Å². The first-order chi connectivity index (χ1) is 20.5. The van der Waals surface area contributed by atoms with Crippen molar-refractivity contribution in [1.82, 2.24) is 4.90 Å². The molecule has 6 heteroatoms. The topological polar surface area (TPSA) is 79.2 Å². The Kier molecular flexibility index (Phi) is 12.3. The van der Waals surface area contributed by atoms with Crippen molar-refractivity contribution in [3.63, 3.8) is 0 Å². The van der Waals surface area contributed by atoms with Crippen molar-refractivity contribution >= 4 is 5.91 Å². The van der Waals surface area contributed by atoms with Crippen molar-refractivity contribution in [2.45, 2.75) is 129 Å². The number of hydrogen-bond donors (Lipinski definition) is 2. The molecule has 2 aromatic carbocycles. The molecule has 0 unspecified atom stereocenters. The van der Waals surface area contributed by atoms with Gasteiger partial charge in [-0.3, -0.25) is 4.79 Å². The van der Waals surface area contributed by atoms with Gasteiger partial charge >= 0.3 is 0 Å². The summed E-state index contributed by atoms with van der Waals surface area (Å²) in [6, 6.07) is 5.25. The van der Waals surface area contributed by atoms with Crippen molar-refractivity contribution in [3.05, 3.63) is 34.9 Å². The number of phenols is 2. The molecule has 0 spiro atoms. The number of hydrogen-bond acceptors (Lipinski definition) is 5. The molecule has 6 nitrogen and oxygen atoms in total. The zero-order valence-corrected chi connectivity index (χ0v) is 26.3.